The molecule has 6 nitrogen and oxygen atoms in total. The van der Waals surface area contributed by atoms with Gasteiger partial charge in [-0.2, -0.15) is 0 Å². The van der Waals surface area contributed by atoms with E-state index in [0.29, 0.717) is 24.3 Å². The van der Waals surface area contributed by atoms with E-state index in [2.05, 4.69) is 5.32 Å². The lowest BCUT2D eigenvalue weighted by Gasteiger charge is -2.06. The van der Waals surface area contributed by atoms with Crippen LogP contribution in [0.1, 0.15) is 23.7 Å². The Labute approximate surface area is 113 Å². The minimum atomic E-state index is -3.47. The van der Waals surface area contributed by atoms with Crippen molar-refractivity contribution in [2.24, 2.45) is 5.14 Å². The highest BCUT2D eigenvalue weighted by molar-refractivity contribution is 7.89. The number of amides is 1. The molecule has 7 heteroatoms. The van der Waals surface area contributed by atoms with Gasteiger partial charge in [0.15, 0.2) is 0 Å². The summed E-state index contributed by atoms with van der Waals surface area (Å²) in [5, 5.41) is 7.48. The van der Waals surface area contributed by atoms with Gasteiger partial charge in [0.05, 0.1) is 12.4 Å². The molecule has 0 saturated heterocycles. The number of carbonyl (C=O) groups is 1. The zero-order valence-electron chi connectivity index (χ0n) is 10.8. The largest absolute Gasteiger partial charge is 0.494 e. The van der Waals surface area contributed by atoms with Crippen molar-refractivity contribution in [2.45, 2.75) is 13.3 Å². The Kier molecular flexibility index (Phi) is 5.78. The summed E-state index contributed by atoms with van der Waals surface area (Å²) in [6, 6.07) is 6.73. The van der Waals surface area contributed by atoms with Gasteiger partial charge in [0.1, 0.15) is 5.75 Å². The molecule has 1 rings (SSSR count). The summed E-state index contributed by atoms with van der Waals surface area (Å²) in [7, 11) is -3.47. The summed E-state index contributed by atoms with van der Waals surface area (Å²) in [6.07, 6.45) is 0.293. The highest BCUT2D eigenvalue weighted by Gasteiger charge is 2.06. The molecule has 0 heterocycles. The Balaban J connectivity index is 2.41. The molecule has 0 radical (unpaired) electrons. The third-order valence-corrected chi connectivity index (χ3v) is 3.18. The predicted molar refractivity (Wildman–Crippen MR) is 72.5 cm³/mol. The first-order chi connectivity index (χ1) is 8.92. The Morgan fingerprint density at radius 3 is 2.47 bits per heavy atom. The number of ether oxygens (including phenoxy) is 1. The van der Waals surface area contributed by atoms with Crippen LogP contribution in [-0.4, -0.2) is 33.2 Å². The number of sulfonamides is 1. The third kappa shape index (κ3) is 6.21. The molecule has 1 amide bonds. The van der Waals surface area contributed by atoms with E-state index < -0.39 is 10.0 Å². The summed E-state index contributed by atoms with van der Waals surface area (Å²) in [5.74, 6) is 0.307. The molecule has 106 valence electrons. The first kappa shape index (κ1) is 15.5. The van der Waals surface area contributed by atoms with Crippen molar-refractivity contribution in [2.75, 3.05) is 18.9 Å². The Bertz CT molecular complexity index is 511. The van der Waals surface area contributed by atoms with Crippen molar-refractivity contribution in [3.8, 4) is 5.75 Å². The van der Waals surface area contributed by atoms with Crippen molar-refractivity contribution in [1.29, 1.82) is 0 Å². The van der Waals surface area contributed by atoms with Crippen LogP contribution in [0.4, 0.5) is 0 Å². The molecule has 19 heavy (non-hydrogen) atoms. The van der Waals surface area contributed by atoms with Gasteiger partial charge in [0, 0.05) is 12.1 Å². The van der Waals surface area contributed by atoms with Crippen LogP contribution in [0.25, 0.3) is 0 Å². The molecule has 0 aliphatic heterocycles. The highest BCUT2D eigenvalue weighted by atomic mass is 32.2. The van der Waals surface area contributed by atoms with Crippen molar-refractivity contribution in [1.82, 2.24) is 5.32 Å². The van der Waals surface area contributed by atoms with E-state index in [1.807, 2.05) is 6.92 Å². The average Bonchev–Trinajstić information content (AvgIpc) is 2.34. The number of primary sulfonamides is 1. The number of hydrogen-bond acceptors (Lipinski definition) is 4. The van der Waals surface area contributed by atoms with Gasteiger partial charge in [0.25, 0.3) is 5.91 Å². The second-order valence-electron chi connectivity index (χ2n) is 3.93. The van der Waals surface area contributed by atoms with E-state index in [4.69, 9.17) is 9.88 Å². The van der Waals surface area contributed by atoms with Gasteiger partial charge in [-0.1, -0.05) is 0 Å². The molecule has 0 aromatic heterocycles. The second kappa shape index (κ2) is 7.10. The van der Waals surface area contributed by atoms with Gasteiger partial charge in [-0.25, -0.2) is 13.6 Å². The fourth-order valence-electron chi connectivity index (χ4n) is 1.45. The van der Waals surface area contributed by atoms with Crippen molar-refractivity contribution in [3.63, 3.8) is 0 Å². The monoisotopic (exact) mass is 286 g/mol. The first-order valence-electron chi connectivity index (χ1n) is 5.94. The maximum Gasteiger partial charge on any atom is 0.251 e. The fourth-order valence-corrected chi connectivity index (χ4v) is 1.99. The molecular formula is C12H18N2O4S. The molecule has 0 atom stereocenters. The van der Waals surface area contributed by atoms with E-state index in [9.17, 15) is 13.2 Å². The SMILES string of the molecule is CCOc1ccc(C(=O)NCCCS(N)(=O)=O)cc1. The minimum Gasteiger partial charge on any atom is -0.494 e. The number of rotatable bonds is 7. The Morgan fingerprint density at radius 1 is 1.32 bits per heavy atom. The van der Waals surface area contributed by atoms with E-state index in [1.165, 1.54) is 0 Å². The standard InChI is InChI=1S/C12H18N2O4S/c1-2-18-11-6-4-10(5-7-11)12(15)14-8-3-9-19(13,16)17/h4-7H,2-3,8-9H2,1H3,(H,14,15)(H2,13,16,17). The molecule has 0 bridgehead atoms. The predicted octanol–water partition coefficient (Wildman–Crippen LogP) is 0.494. The lowest BCUT2D eigenvalue weighted by molar-refractivity contribution is 0.0953. The maximum absolute atomic E-state index is 11.7. The molecular weight excluding hydrogens is 268 g/mol. The van der Waals surface area contributed by atoms with Crippen LogP contribution in [0.3, 0.4) is 0 Å². The van der Waals surface area contributed by atoms with Crippen LogP contribution < -0.4 is 15.2 Å². The average molecular weight is 286 g/mol. The molecule has 0 fully saturated rings. The van der Waals surface area contributed by atoms with E-state index in [0.717, 1.165) is 0 Å². The normalized spacial score (nSPS) is 11.1. The Morgan fingerprint density at radius 2 is 1.95 bits per heavy atom. The number of nitrogens with two attached hydrogens (primary N) is 1. The smallest absolute Gasteiger partial charge is 0.251 e. The third-order valence-electron chi connectivity index (χ3n) is 2.32. The van der Waals surface area contributed by atoms with Crippen molar-refractivity contribution < 1.29 is 17.9 Å². The fraction of sp³-hybridized carbons (Fsp3) is 0.417. The summed E-state index contributed by atoms with van der Waals surface area (Å²) >= 11 is 0. The summed E-state index contributed by atoms with van der Waals surface area (Å²) in [5.41, 5.74) is 0.499. The molecule has 0 saturated carbocycles. The molecule has 3 N–H and O–H groups in total. The van der Waals surface area contributed by atoms with Gasteiger partial charge < -0.3 is 10.1 Å². The van der Waals surface area contributed by atoms with Crippen LogP contribution in [0.5, 0.6) is 5.75 Å². The Hall–Kier alpha value is -1.60. The number of hydrogen-bond donors (Lipinski definition) is 2. The van der Waals surface area contributed by atoms with Gasteiger partial charge in [0.2, 0.25) is 10.0 Å². The molecule has 1 aromatic carbocycles. The van der Waals surface area contributed by atoms with Crippen molar-refractivity contribution in [3.05, 3.63) is 29.8 Å². The number of benzene rings is 1. The summed E-state index contributed by atoms with van der Waals surface area (Å²) in [6.45, 7) is 2.72. The quantitative estimate of drug-likeness (QED) is 0.713. The lowest BCUT2D eigenvalue weighted by Crippen LogP contribution is -2.27. The van der Waals surface area contributed by atoms with Crippen LogP contribution in [0, 0.1) is 0 Å². The molecule has 1 aromatic rings. The maximum atomic E-state index is 11.7. The van der Waals surface area contributed by atoms with Crippen LogP contribution in [-0.2, 0) is 10.0 Å². The van der Waals surface area contributed by atoms with Crippen LogP contribution in [0.15, 0.2) is 24.3 Å². The van der Waals surface area contributed by atoms with Gasteiger partial charge in [-0.15, -0.1) is 0 Å². The van der Waals surface area contributed by atoms with Gasteiger partial charge >= 0.3 is 0 Å². The highest BCUT2D eigenvalue weighted by Crippen LogP contribution is 2.11. The second-order valence-corrected chi connectivity index (χ2v) is 5.67. The number of carbonyl (C=O) groups excluding carboxylic acids is 1. The van der Waals surface area contributed by atoms with Crippen LogP contribution >= 0.6 is 0 Å². The summed E-state index contributed by atoms with van der Waals surface area (Å²) in [4.78, 5) is 11.7. The van der Waals surface area contributed by atoms with Gasteiger partial charge in [-0.05, 0) is 37.6 Å². The minimum absolute atomic E-state index is 0.142. The zero-order chi connectivity index (χ0) is 14.3. The van der Waals surface area contributed by atoms with Crippen LogP contribution in [0.2, 0.25) is 0 Å². The van der Waals surface area contributed by atoms with E-state index in [1.54, 1.807) is 24.3 Å². The molecule has 0 aliphatic rings. The van der Waals surface area contributed by atoms with Gasteiger partial charge in [-0.3, -0.25) is 4.79 Å². The molecule has 0 unspecified atom stereocenters. The molecule has 0 aliphatic carbocycles. The van der Waals surface area contributed by atoms with Crippen molar-refractivity contribution >= 4 is 15.9 Å². The first-order valence-corrected chi connectivity index (χ1v) is 7.65. The van der Waals surface area contributed by atoms with E-state index >= 15 is 0 Å². The van der Waals surface area contributed by atoms with E-state index in [-0.39, 0.29) is 18.2 Å². The lowest BCUT2D eigenvalue weighted by atomic mass is 10.2. The summed E-state index contributed by atoms with van der Waals surface area (Å²) < 4.78 is 26.7. The molecule has 0 spiro atoms. The zero-order valence-corrected chi connectivity index (χ0v) is 11.6. The topological polar surface area (TPSA) is 98.5 Å². The number of nitrogens with one attached hydrogen (secondary N) is 1.